The summed E-state index contributed by atoms with van der Waals surface area (Å²) in [4.78, 5) is 16.4. The van der Waals surface area contributed by atoms with E-state index in [1.54, 1.807) is 12.5 Å². The number of aromatic nitrogens is 1. The van der Waals surface area contributed by atoms with E-state index in [1.165, 1.54) is 0 Å². The van der Waals surface area contributed by atoms with Gasteiger partial charge < -0.3 is 14.5 Å². The number of hydrogen-bond acceptors (Lipinski definition) is 4. The van der Waals surface area contributed by atoms with Crippen molar-refractivity contribution in [3.8, 4) is 28.3 Å². The van der Waals surface area contributed by atoms with Crippen LogP contribution < -0.4 is 10.1 Å². The van der Waals surface area contributed by atoms with Crippen LogP contribution in [0.2, 0.25) is 0 Å². The van der Waals surface area contributed by atoms with Gasteiger partial charge in [-0.25, -0.2) is 0 Å². The SMILES string of the molecule is O=C(COc1ccc(-c2ccccc2)cc1)NCc1ccnc(-c2ccco2)c1. The molecule has 5 heteroatoms. The van der Waals surface area contributed by atoms with Crippen molar-refractivity contribution in [1.82, 2.24) is 10.3 Å². The lowest BCUT2D eigenvalue weighted by atomic mass is 10.1. The number of carbonyl (C=O) groups is 1. The van der Waals surface area contributed by atoms with Crippen LogP contribution in [0, 0.1) is 0 Å². The lowest BCUT2D eigenvalue weighted by Gasteiger charge is -2.09. The molecule has 0 fully saturated rings. The zero-order chi connectivity index (χ0) is 19.9. The number of nitrogens with one attached hydrogen (secondary N) is 1. The topological polar surface area (TPSA) is 64.4 Å². The number of nitrogens with zero attached hydrogens (tertiary/aromatic N) is 1. The third kappa shape index (κ3) is 4.90. The second-order valence-corrected chi connectivity index (χ2v) is 6.48. The molecular formula is C24H20N2O3. The van der Waals surface area contributed by atoms with Crippen LogP contribution in [-0.4, -0.2) is 17.5 Å². The Bertz CT molecular complexity index is 1060. The molecule has 0 aliphatic heterocycles. The Morgan fingerprint density at radius 2 is 1.72 bits per heavy atom. The van der Waals surface area contributed by atoms with E-state index in [4.69, 9.17) is 9.15 Å². The third-order valence-electron chi connectivity index (χ3n) is 4.42. The molecule has 2 aromatic carbocycles. The number of amides is 1. The van der Waals surface area contributed by atoms with E-state index >= 15 is 0 Å². The Kier molecular flexibility index (Phi) is 5.67. The summed E-state index contributed by atoms with van der Waals surface area (Å²) < 4.78 is 10.9. The normalized spacial score (nSPS) is 10.5. The predicted molar refractivity (Wildman–Crippen MR) is 111 cm³/mol. The molecule has 0 radical (unpaired) electrons. The molecule has 0 aliphatic rings. The van der Waals surface area contributed by atoms with Gasteiger partial charge in [0.1, 0.15) is 11.4 Å². The van der Waals surface area contributed by atoms with Crippen molar-refractivity contribution in [3.05, 3.63) is 96.9 Å². The van der Waals surface area contributed by atoms with Gasteiger partial charge in [0.15, 0.2) is 12.4 Å². The minimum Gasteiger partial charge on any atom is -0.484 e. The molecule has 1 N–H and O–H groups in total. The molecule has 0 bridgehead atoms. The molecule has 0 atom stereocenters. The van der Waals surface area contributed by atoms with E-state index in [1.807, 2.05) is 66.7 Å². The molecule has 5 nitrogen and oxygen atoms in total. The summed E-state index contributed by atoms with van der Waals surface area (Å²) in [7, 11) is 0. The van der Waals surface area contributed by atoms with E-state index in [9.17, 15) is 4.79 Å². The van der Waals surface area contributed by atoms with E-state index < -0.39 is 0 Å². The largest absolute Gasteiger partial charge is 0.484 e. The molecule has 0 spiro atoms. The average molecular weight is 384 g/mol. The number of hydrogen-bond donors (Lipinski definition) is 1. The van der Waals surface area contributed by atoms with Gasteiger partial charge >= 0.3 is 0 Å². The van der Waals surface area contributed by atoms with Crippen molar-refractivity contribution in [3.63, 3.8) is 0 Å². The van der Waals surface area contributed by atoms with Crippen molar-refractivity contribution in [1.29, 1.82) is 0 Å². The van der Waals surface area contributed by atoms with E-state index in [0.717, 1.165) is 22.4 Å². The Balaban J connectivity index is 1.28. The van der Waals surface area contributed by atoms with Gasteiger partial charge in [0.05, 0.1) is 6.26 Å². The van der Waals surface area contributed by atoms with E-state index in [0.29, 0.717) is 18.1 Å². The fourth-order valence-electron chi connectivity index (χ4n) is 2.92. The second-order valence-electron chi connectivity index (χ2n) is 6.48. The fourth-order valence-corrected chi connectivity index (χ4v) is 2.92. The standard InChI is InChI=1S/C24H20N2O3/c27-24(26-16-18-12-13-25-22(15-18)23-7-4-14-28-23)17-29-21-10-8-20(9-11-21)19-5-2-1-3-6-19/h1-15H,16-17H2,(H,26,27). The molecule has 144 valence electrons. The quantitative estimate of drug-likeness (QED) is 0.501. The number of carbonyl (C=O) groups excluding carboxylic acids is 1. The summed E-state index contributed by atoms with van der Waals surface area (Å²) in [6, 6.07) is 25.2. The summed E-state index contributed by atoms with van der Waals surface area (Å²) in [5.74, 6) is 1.16. The van der Waals surface area contributed by atoms with Gasteiger partial charge in [0, 0.05) is 12.7 Å². The maximum Gasteiger partial charge on any atom is 0.258 e. The van der Waals surface area contributed by atoms with Crippen LogP contribution >= 0.6 is 0 Å². The van der Waals surface area contributed by atoms with Gasteiger partial charge in [-0.3, -0.25) is 9.78 Å². The molecular weight excluding hydrogens is 364 g/mol. The Labute approximate surface area is 169 Å². The zero-order valence-electron chi connectivity index (χ0n) is 15.7. The Morgan fingerprint density at radius 1 is 0.931 bits per heavy atom. The molecule has 0 unspecified atom stereocenters. The first-order chi connectivity index (χ1) is 14.3. The van der Waals surface area contributed by atoms with Crippen LogP contribution in [-0.2, 0) is 11.3 Å². The number of ether oxygens (including phenoxy) is 1. The summed E-state index contributed by atoms with van der Waals surface area (Å²) in [6.45, 7) is 0.353. The first-order valence-corrected chi connectivity index (χ1v) is 9.32. The highest BCUT2D eigenvalue weighted by Crippen LogP contribution is 2.22. The molecule has 4 rings (SSSR count). The van der Waals surface area contributed by atoms with Gasteiger partial charge in [0.25, 0.3) is 5.91 Å². The lowest BCUT2D eigenvalue weighted by Crippen LogP contribution is -2.28. The molecule has 29 heavy (non-hydrogen) atoms. The highest BCUT2D eigenvalue weighted by molar-refractivity contribution is 5.77. The minimum atomic E-state index is -0.187. The molecule has 0 saturated carbocycles. The lowest BCUT2D eigenvalue weighted by molar-refractivity contribution is -0.123. The molecule has 2 aromatic heterocycles. The molecule has 1 amide bonds. The molecule has 2 heterocycles. The van der Waals surface area contributed by atoms with E-state index in [2.05, 4.69) is 22.4 Å². The van der Waals surface area contributed by atoms with Crippen molar-refractivity contribution in [2.45, 2.75) is 6.54 Å². The maximum absolute atomic E-state index is 12.1. The van der Waals surface area contributed by atoms with E-state index in [-0.39, 0.29) is 12.5 Å². The predicted octanol–water partition coefficient (Wildman–Crippen LogP) is 4.70. The monoisotopic (exact) mass is 384 g/mol. The number of benzene rings is 2. The van der Waals surface area contributed by atoms with Gasteiger partial charge in [-0.1, -0.05) is 42.5 Å². The summed E-state index contributed by atoms with van der Waals surface area (Å²) in [5.41, 5.74) is 3.92. The minimum absolute atomic E-state index is 0.0409. The van der Waals surface area contributed by atoms with Crippen molar-refractivity contribution in [2.24, 2.45) is 0 Å². The fraction of sp³-hybridized carbons (Fsp3) is 0.0833. The zero-order valence-corrected chi connectivity index (χ0v) is 15.7. The Morgan fingerprint density at radius 3 is 2.48 bits per heavy atom. The van der Waals surface area contributed by atoms with Crippen molar-refractivity contribution >= 4 is 5.91 Å². The number of furan rings is 1. The first kappa shape index (κ1) is 18.5. The summed E-state index contributed by atoms with van der Waals surface area (Å²) in [6.07, 6.45) is 3.30. The van der Waals surface area contributed by atoms with Crippen LogP contribution in [0.15, 0.2) is 95.7 Å². The van der Waals surface area contributed by atoms with Gasteiger partial charge in [-0.2, -0.15) is 0 Å². The highest BCUT2D eigenvalue weighted by atomic mass is 16.5. The smallest absolute Gasteiger partial charge is 0.258 e. The molecule has 4 aromatic rings. The van der Waals surface area contributed by atoms with Gasteiger partial charge in [-0.05, 0) is 53.1 Å². The summed E-state index contributed by atoms with van der Waals surface area (Å²) >= 11 is 0. The first-order valence-electron chi connectivity index (χ1n) is 9.32. The average Bonchev–Trinajstić information content (AvgIpc) is 3.33. The van der Waals surface area contributed by atoms with Gasteiger partial charge in [0.2, 0.25) is 0 Å². The van der Waals surface area contributed by atoms with Crippen molar-refractivity contribution in [2.75, 3.05) is 6.61 Å². The highest BCUT2D eigenvalue weighted by Gasteiger charge is 2.06. The van der Waals surface area contributed by atoms with Crippen LogP contribution in [0.3, 0.4) is 0 Å². The molecule has 0 aliphatic carbocycles. The van der Waals surface area contributed by atoms with Gasteiger partial charge in [-0.15, -0.1) is 0 Å². The number of rotatable bonds is 7. The van der Waals surface area contributed by atoms with Crippen LogP contribution in [0.25, 0.3) is 22.6 Å². The molecule has 0 saturated heterocycles. The summed E-state index contributed by atoms with van der Waals surface area (Å²) in [5, 5.41) is 2.86. The van der Waals surface area contributed by atoms with Crippen LogP contribution in [0.1, 0.15) is 5.56 Å². The van der Waals surface area contributed by atoms with Crippen LogP contribution in [0.4, 0.5) is 0 Å². The van der Waals surface area contributed by atoms with Crippen LogP contribution in [0.5, 0.6) is 5.75 Å². The number of pyridine rings is 1. The Hall–Kier alpha value is -3.86. The third-order valence-corrected chi connectivity index (χ3v) is 4.42. The maximum atomic E-state index is 12.1. The second kappa shape index (κ2) is 8.89. The van der Waals surface area contributed by atoms with Crippen molar-refractivity contribution < 1.29 is 13.9 Å².